The maximum absolute atomic E-state index is 12.6. The van der Waals surface area contributed by atoms with Crippen LogP contribution >= 0.6 is 11.8 Å². The van der Waals surface area contributed by atoms with Gasteiger partial charge in [0.1, 0.15) is 0 Å². The van der Waals surface area contributed by atoms with Gasteiger partial charge in [0, 0.05) is 35.0 Å². The van der Waals surface area contributed by atoms with Crippen molar-refractivity contribution in [2.45, 2.75) is 35.5 Å². The number of rotatable bonds is 8. The molecule has 0 spiro atoms. The molecule has 0 saturated carbocycles. The SMILES string of the molecule is NS(=O)(=O)c1cccc(NC(=O)CSc2nnc(-c3c[nH]c4ccccc34)n2C[C@H]2CCCO2)c1. The molecule has 0 unspecified atom stereocenters. The van der Waals surface area contributed by atoms with Crippen molar-refractivity contribution in [1.82, 2.24) is 19.7 Å². The number of nitrogens with zero attached hydrogens (tertiary/aromatic N) is 3. The Labute approximate surface area is 206 Å². The molecule has 3 heterocycles. The number of primary sulfonamides is 1. The minimum Gasteiger partial charge on any atom is -0.376 e. The average molecular weight is 513 g/mol. The lowest BCUT2D eigenvalue weighted by Crippen LogP contribution is -2.18. The number of carbonyl (C=O) groups is 1. The third-order valence-corrected chi connectivity index (χ3v) is 7.61. The van der Waals surface area contributed by atoms with Gasteiger partial charge in [-0.1, -0.05) is 36.0 Å². The predicted molar refractivity (Wildman–Crippen MR) is 133 cm³/mol. The normalized spacial score (nSPS) is 16.1. The van der Waals surface area contributed by atoms with Crippen molar-refractivity contribution < 1.29 is 17.9 Å². The highest BCUT2D eigenvalue weighted by atomic mass is 32.2. The molecule has 1 fully saturated rings. The Morgan fingerprint density at radius 3 is 2.89 bits per heavy atom. The number of carbonyl (C=O) groups excluding carboxylic acids is 1. The van der Waals surface area contributed by atoms with Crippen LogP contribution in [0.15, 0.2) is 64.8 Å². The highest BCUT2D eigenvalue weighted by Crippen LogP contribution is 2.31. The maximum Gasteiger partial charge on any atom is 0.238 e. The van der Waals surface area contributed by atoms with E-state index in [0.29, 0.717) is 23.2 Å². The number of sulfonamides is 1. The number of aromatic amines is 1. The summed E-state index contributed by atoms with van der Waals surface area (Å²) in [5, 5.41) is 18.4. The van der Waals surface area contributed by atoms with E-state index >= 15 is 0 Å². The van der Waals surface area contributed by atoms with E-state index in [-0.39, 0.29) is 22.7 Å². The molecule has 0 bridgehead atoms. The molecule has 1 amide bonds. The summed E-state index contributed by atoms with van der Waals surface area (Å²) in [4.78, 5) is 15.8. The Balaban J connectivity index is 1.36. The number of hydrogen-bond donors (Lipinski definition) is 3. The van der Waals surface area contributed by atoms with Crippen LogP contribution in [0.25, 0.3) is 22.3 Å². The van der Waals surface area contributed by atoms with Crippen LogP contribution in [0, 0.1) is 0 Å². The second-order valence-electron chi connectivity index (χ2n) is 8.21. The lowest BCUT2D eigenvalue weighted by molar-refractivity contribution is -0.113. The number of benzene rings is 2. The van der Waals surface area contributed by atoms with E-state index in [2.05, 4.69) is 20.5 Å². The molecule has 182 valence electrons. The molecule has 0 radical (unpaired) electrons. The van der Waals surface area contributed by atoms with Crippen LogP contribution in [0.3, 0.4) is 0 Å². The van der Waals surface area contributed by atoms with Gasteiger partial charge in [0.15, 0.2) is 11.0 Å². The fraction of sp³-hybridized carbons (Fsp3) is 0.261. The molecule has 1 aliphatic heterocycles. The smallest absolute Gasteiger partial charge is 0.238 e. The highest BCUT2D eigenvalue weighted by molar-refractivity contribution is 7.99. The van der Waals surface area contributed by atoms with Gasteiger partial charge in [0.25, 0.3) is 0 Å². The molecule has 0 aliphatic carbocycles. The van der Waals surface area contributed by atoms with Gasteiger partial charge in [-0.3, -0.25) is 9.36 Å². The van der Waals surface area contributed by atoms with Crippen LogP contribution in [-0.4, -0.2) is 52.5 Å². The van der Waals surface area contributed by atoms with E-state index in [9.17, 15) is 13.2 Å². The Morgan fingerprint density at radius 2 is 2.09 bits per heavy atom. The summed E-state index contributed by atoms with van der Waals surface area (Å²) >= 11 is 1.26. The van der Waals surface area contributed by atoms with Crippen molar-refractivity contribution in [2.75, 3.05) is 17.7 Å². The second-order valence-corrected chi connectivity index (χ2v) is 10.7. The molecule has 5 rings (SSSR count). The quantitative estimate of drug-likeness (QED) is 0.308. The van der Waals surface area contributed by atoms with Crippen LogP contribution in [0.4, 0.5) is 5.69 Å². The van der Waals surface area contributed by atoms with Gasteiger partial charge in [-0.25, -0.2) is 13.6 Å². The lowest BCUT2D eigenvalue weighted by atomic mass is 10.1. The zero-order valence-electron chi connectivity index (χ0n) is 18.7. The molecule has 4 N–H and O–H groups in total. The van der Waals surface area contributed by atoms with Gasteiger partial charge in [-0.15, -0.1) is 10.2 Å². The van der Waals surface area contributed by atoms with E-state index in [0.717, 1.165) is 35.9 Å². The van der Waals surface area contributed by atoms with E-state index < -0.39 is 10.0 Å². The number of hydrogen-bond acceptors (Lipinski definition) is 7. The molecule has 35 heavy (non-hydrogen) atoms. The summed E-state index contributed by atoms with van der Waals surface area (Å²) in [6.07, 6.45) is 3.94. The average Bonchev–Trinajstić information content (AvgIpc) is 3.58. The number of thioether (sulfide) groups is 1. The third kappa shape index (κ3) is 5.25. The number of para-hydroxylation sites is 1. The number of ether oxygens (including phenoxy) is 1. The monoisotopic (exact) mass is 512 g/mol. The molecule has 2 aromatic carbocycles. The topological polar surface area (TPSA) is 145 Å². The first kappa shape index (κ1) is 23.5. The van der Waals surface area contributed by atoms with Crippen molar-refractivity contribution in [3.8, 4) is 11.4 Å². The predicted octanol–water partition coefficient (Wildman–Crippen LogP) is 2.98. The first-order chi connectivity index (χ1) is 16.9. The molecule has 4 aromatic rings. The molecule has 1 atom stereocenters. The summed E-state index contributed by atoms with van der Waals surface area (Å²) in [6.45, 7) is 1.32. The summed E-state index contributed by atoms with van der Waals surface area (Å²) in [5.74, 6) is 0.473. The second kappa shape index (κ2) is 9.82. The van der Waals surface area contributed by atoms with E-state index in [1.54, 1.807) is 6.07 Å². The zero-order chi connectivity index (χ0) is 24.4. The number of anilines is 1. The van der Waals surface area contributed by atoms with Crippen LogP contribution < -0.4 is 10.5 Å². The van der Waals surface area contributed by atoms with Crippen molar-refractivity contribution in [1.29, 1.82) is 0 Å². The zero-order valence-corrected chi connectivity index (χ0v) is 20.3. The number of nitrogens with one attached hydrogen (secondary N) is 2. The molecular formula is C23H24N6O4S2. The Kier molecular flexibility index (Phi) is 6.60. The number of amides is 1. The summed E-state index contributed by atoms with van der Waals surface area (Å²) < 4.78 is 31.0. The Bertz CT molecular complexity index is 1470. The standard InChI is InChI=1S/C23H24N6O4S2/c24-35(31,32)17-7-3-5-15(11-17)26-21(30)14-34-23-28-27-22(29(23)13-16-6-4-10-33-16)19-12-25-20-9-2-1-8-18(19)20/h1-3,5,7-9,11-12,16,25H,4,6,10,13-14H2,(H,26,30)(H2,24,31,32)/t16-/m1/s1. The minimum absolute atomic E-state index is 0.0593. The van der Waals surface area contributed by atoms with E-state index in [4.69, 9.17) is 9.88 Å². The molecule has 10 nitrogen and oxygen atoms in total. The van der Waals surface area contributed by atoms with Gasteiger partial charge in [0.2, 0.25) is 15.9 Å². The maximum atomic E-state index is 12.6. The van der Waals surface area contributed by atoms with E-state index in [1.807, 2.05) is 35.0 Å². The fourth-order valence-corrected chi connectivity index (χ4v) is 5.39. The fourth-order valence-electron chi connectivity index (χ4n) is 4.09. The Morgan fingerprint density at radius 1 is 1.23 bits per heavy atom. The van der Waals surface area contributed by atoms with Crippen molar-refractivity contribution in [2.24, 2.45) is 5.14 Å². The van der Waals surface area contributed by atoms with Crippen LogP contribution in [-0.2, 0) is 26.1 Å². The lowest BCUT2D eigenvalue weighted by Gasteiger charge is -2.14. The molecule has 12 heteroatoms. The van der Waals surface area contributed by atoms with Gasteiger partial charge in [0.05, 0.1) is 23.3 Å². The van der Waals surface area contributed by atoms with Crippen LogP contribution in [0.2, 0.25) is 0 Å². The summed E-state index contributed by atoms with van der Waals surface area (Å²) in [7, 11) is -3.86. The number of aromatic nitrogens is 4. The molecule has 1 saturated heterocycles. The van der Waals surface area contributed by atoms with Gasteiger partial charge in [-0.05, 0) is 37.1 Å². The highest BCUT2D eigenvalue weighted by Gasteiger charge is 2.23. The molecule has 1 aliphatic rings. The summed E-state index contributed by atoms with van der Waals surface area (Å²) in [6, 6.07) is 13.8. The van der Waals surface area contributed by atoms with Gasteiger partial charge >= 0.3 is 0 Å². The Hall–Kier alpha value is -3.19. The van der Waals surface area contributed by atoms with Gasteiger partial charge in [-0.2, -0.15) is 0 Å². The van der Waals surface area contributed by atoms with E-state index in [1.165, 1.54) is 30.0 Å². The first-order valence-electron chi connectivity index (χ1n) is 11.1. The number of nitrogens with two attached hydrogens (primary N) is 1. The minimum atomic E-state index is -3.86. The van der Waals surface area contributed by atoms with Crippen LogP contribution in [0.1, 0.15) is 12.8 Å². The molecular weight excluding hydrogens is 488 g/mol. The van der Waals surface area contributed by atoms with Crippen molar-refractivity contribution in [3.05, 3.63) is 54.7 Å². The van der Waals surface area contributed by atoms with Crippen molar-refractivity contribution >= 4 is 44.3 Å². The first-order valence-corrected chi connectivity index (χ1v) is 13.6. The molecule has 2 aromatic heterocycles. The van der Waals surface area contributed by atoms with Gasteiger partial charge < -0.3 is 15.0 Å². The largest absolute Gasteiger partial charge is 0.376 e. The number of fused-ring (bicyclic) bond motifs is 1. The summed E-state index contributed by atoms with van der Waals surface area (Å²) in [5.41, 5.74) is 2.29. The van der Waals surface area contributed by atoms with Crippen LogP contribution in [0.5, 0.6) is 0 Å². The third-order valence-electron chi connectivity index (χ3n) is 5.74. The number of H-pyrrole nitrogens is 1. The van der Waals surface area contributed by atoms with Crippen molar-refractivity contribution in [3.63, 3.8) is 0 Å².